The summed E-state index contributed by atoms with van der Waals surface area (Å²) in [4.78, 5) is 0. The number of phenols is 2. The SMILES string of the molecule is CN(C)/N=C/c1cc(O)ccc1O. The van der Waals surface area contributed by atoms with Gasteiger partial charge in [-0.2, -0.15) is 5.10 Å². The normalized spacial score (nSPS) is 10.6. The van der Waals surface area contributed by atoms with Gasteiger partial charge in [-0.05, 0) is 18.2 Å². The molecule has 1 aromatic carbocycles. The van der Waals surface area contributed by atoms with Gasteiger partial charge >= 0.3 is 0 Å². The fraction of sp³-hybridized carbons (Fsp3) is 0.222. The van der Waals surface area contributed by atoms with Crippen molar-refractivity contribution in [3.63, 3.8) is 0 Å². The maximum Gasteiger partial charge on any atom is 0.124 e. The fourth-order valence-corrected chi connectivity index (χ4v) is 0.823. The summed E-state index contributed by atoms with van der Waals surface area (Å²) in [5.74, 6) is 0.210. The molecule has 0 saturated heterocycles. The van der Waals surface area contributed by atoms with Crippen LogP contribution >= 0.6 is 0 Å². The molecule has 0 spiro atoms. The van der Waals surface area contributed by atoms with E-state index in [-0.39, 0.29) is 11.5 Å². The highest BCUT2D eigenvalue weighted by Crippen LogP contribution is 2.19. The van der Waals surface area contributed by atoms with Crippen molar-refractivity contribution in [1.82, 2.24) is 5.01 Å². The van der Waals surface area contributed by atoms with Crippen LogP contribution in [0.1, 0.15) is 5.56 Å². The van der Waals surface area contributed by atoms with E-state index >= 15 is 0 Å². The minimum absolute atomic E-state index is 0.100. The molecule has 1 aromatic rings. The Morgan fingerprint density at radius 2 is 2.00 bits per heavy atom. The number of aromatic hydroxyl groups is 2. The minimum atomic E-state index is 0.100. The second-order valence-electron chi connectivity index (χ2n) is 2.83. The summed E-state index contributed by atoms with van der Waals surface area (Å²) < 4.78 is 0. The van der Waals surface area contributed by atoms with Crippen molar-refractivity contribution in [2.45, 2.75) is 0 Å². The van der Waals surface area contributed by atoms with Crippen LogP contribution in [0.4, 0.5) is 0 Å². The van der Waals surface area contributed by atoms with Gasteiger partial charge in [0.05, 0.1) is 6.21 Å². The number of benzene rings is 1. The third-order valence-electron chi connectivity index (χ3n) is 1.44. The Hall–Kier alpha value is -1.71. The van der Waals surface area contributed by atoms with Crippen molar-refractivity contribution in [1.29, 1.82) is 0 Å². The van der Waals surface area contributed by atoms with E-state index in [1.807, 2.05) is 0 Å². The Bertz CT molecular complexity index is 321. The third kappa shape index (κ3) is 2.66. The Morgan fingerprint density at radius 3 is 2.62 bits per heavy atom. The lowest BCUT2D eigenvalue weighted by atomic mass is 10.2. The van der Waals surface area contributed by atoms with Crippen LogP contribution in [0.3, 0.4) is 0 Å². The minimum Gasteiger partial charge on any atom is -0.508 e. The van der Waals surface area contributed by atoms with Gasteiger partial charge < -0.3 is 15.2 Å². The number of nitrogens with zero attached hydrogens (tertiary/aromatic N) is 2. The van der Waals surface area contributed by atoms with Crippen LogP contribution in [-0.2, 0) is 0 Å². The monoisotopic (exact) mass is 180 g/mol. The first-order valence-electron chi connectivity index (χ1n) is 3.83. The Kier molecular flexibility index (Phi) is 2.74. The first-order valence-corrected chi connectivity index (χ1v) is 3.83. The van der Waals surface area contributed by atoms with Gasteiger partial charge in [0, 0.05) is 19.7 Å². The van der Waals surface area contributed by atoms with E-state index in [4.69, 9.17) is 5.11 Å². The molecule has 4 heteroatoms. The summed E-state index contributed by atoms with van der Waals surface area (Å²) in [6, 6.07) is 4.29. The first-order chi connectivity index (χ1) is 6.09. The van der Waals surface area contributed by atoms with E-state index in [1.165, 1.54) is 24.4 Å². The van der Waals surface area contributed by atoms with Crippen molar-refractivity contribution in [2.75, 3.05) is 14.1 Å². The van der Waals surface area contributed by atoms with Crippen molar-refractivity contribution in [3.05, 3.63) is 23.8 Å². The molecule has 1 rings (SSSR count). The summed E-state index contributed by atoms with van der Waals surface area (Å²) in [5.41, 5.74) is 0.494. The van der Waals surface area contributed by atoms with Crippen LogP contribution in [0.25, 0.3) is 0 Å². The maximum absolute atomic E-state index is 9.33. The highest BCUT2D eigenvalue weighted by molar-refractivity contribution is 5.83. The number of phenolic OH excluding ortho intramolecular Hbond substituents is 2. The molecule has 0 aliphatic rings. The molecule has 0 unspecified atom stereocenters. The number of hydrazone groups is 1. The van der Waals surface area contributed by atoms with E-state index in [9.17, 15) is 5.11 Å². The van der Waals surface area contributed by atoms with E-state index in [0.717, 1.165) is 0 Å². The average molecular weight is 180 g/mol. The second kappa shape index (κ2) is 3.80. The van der Waals surface area contributed by atoms with Crippen LogP contribution in [0.5, 0.6) is 11.5 Å². The van der Waals surface area contributed by atoms with Crippen molar-refractivity contribution >= 4 is 6.21 Å². The molecule has 13 heavy (non-hydrogen) atoms. The summed E-state index contributed by atoms with van der Waals surface area (Å²) in [5, 5.41) is 24.0. The standard InChI is InChI=1S/C9H12N2O2/c1-11(2)10-6-7-5-8(12)3-4-9(7)13/h3-6,12-13H,1-2H3/b10-6+. The Morgan fingerprint density at radius 1 is 1.31 bits per heavy atom. The van der Waals surface area contributed by atoms with Crippen LogP contribution in [-0.4, -0.2) is 35.5 Å². The number of rotatable bonds is 2. The van der Waals surface area contributed by atoms with E-state index in [0.29, 0.717) is 5.56 Å². The summed E-state index contributed by atoms with van der Waals surface area (Å²) in [6.07, 6.45) is 1.48. The predicted octanol–water partition coefficient (Wildman–Crippen LogP) is 0.993. The average Bonchev–Trinajstić information content (AvgIpc) is 2.06. The zero-order valence-electron chi connectivity index (χ0n) is 7.60. The lowest BCUT2D eigenvalue weighted by molar-refractivity contribution is 0.438. The number of hydrogen-bond acceptors (Lipinski definition) is 4. The molecule has 0 aliphatic heterocycles. The number of hydrogen-bond donors (Lipinski definition) is 2. The highest BCUT2D eigenvalue weighted by Gasteiger charge is 1.98. The van der Waals surface area contributed by atoms with Crippen LogP contribution in [0, 0.1) is 0 Å². The molecule has 0 aromatic heterocycles. The topological polar surface area (TPSA) is 56.1 Å². The van der Waals surface area contributed by atoms with Gasteiger partial charge in [0.1, 0.15) is 11.5 Å². The molecular formula is C9H12N2O2. The molecule has 0 aliphatic carbocycles. The van der Waals surface area contributed by atoms with Crippen LogP contribution in [0.15, 0.2) is 23.3 Å². The predicted molar refractivity (Wildman–Crippen MR) is 51.1 cm³/mol. The third-order valence-corrected chi connectivity index (χ3v) is 1.44. The fourth-order valence-electron chi connectivity index (χ4n) is 0.823. The molecule has 0 saturated carbocycles. The van der Waals surface area contributed by atoms with Gasteiger partial charge in [-0.25, -0.2) is 0 Å². The van der Waals surface area contributed by atoms with Gasteiger partial charge in [-0.3, -0.25) is 0 Å². The van der Waals surface area contributed by atoms with Gasteiger partial charge in [-0.1, -0.05) is 0 Å². The Balaban J connectivity index is 2.93. The van der Waals surface area contributed by atoms with E-state index in [2.05, 4.69) is 5.10 Å². The van der Waals surface area contributed by atoms with Crippen molar-refractivity contribution in [2.24, 2.45) is 5.10 Å². The van der Waals surface area contributed by atoms with E-state index in [1.54, 1.807) is 19.1 Å². The van der Waals surface area contributed by atoms with Gasteiger partial charge in [0.25, 0.3) is 0 Å². The van der Waals surface area contributed by atoms with Crippen molar-refractivity contribution in [3.8, 4) is 11.5 Å². The molecule has 0 fully saturated rings. The lowest BCUT2D eigenvalue weighted by Gasteiger charge is -2.03. The molecule has 2 N–H and O–H groups in total. The van der Waals surface area contributed by atoms with Crippen LogP contribution in [0.2, 0.25) is 0 Å². The lowest BCUT2D eigenvalue weighted by Crippen LogP contribution is -2.01. The molecule has 0 heterocycles. The van der Waals surface area contributed by atoms with Gasteiger partial charge in [-0.15, -0.1) is 0 Å². The van der Waals surface area contributed by atoms with Gasteiger partial charge in [0.15, 0.2) is 0 Å². The largest absolute Gasteiger partial charge is 0.508 e. The second-order valence-corrected chi connectivity index (χ2v) is 2.83. The summed E-state index contributed by atoms with van der Waals surface area (Å²) in [6.45, 7) is 0. The van der Waals surface area contributed by atoms with E-state index < -0.39 is 0 Å². The highest BCUT2D eigenvalue weighted by atomic mass is 16.3. The molecule has 0 radical (unpaired) electrons. The molecule has 4 nitrogen and oxygen atoms in total. The van der Waals surface area contributed by atoms with Gasteiger partial charge in [0.2, 0.25) is 0 Å². The van der Waals surface area contributed by atoms with Crippen molar-refractivity contribution < 1.29 is 10.2 Å². The quantitative estimate of drug-likeness (QED) is 0.405. The maximum atomic E-state index is 9.33. The smallest absolute Gasteiger partial charge is 0.124 e. The van der Waals surface area contributed by atoms with Crippen LogP contribution < -0.4 is 0 Å². The summed E-state index contributed by atoms with van der Waals surface area (Å²) >= 11 is 0. The zero-order chi connectivity index (χ0) is 9.84. The summed E-state index contributed by atoms with van der Waals surface area (Å²) in [7, 11) is 3.55. The zero-order valence-corrected chi connectivity index (χ0v) is 7.60. The Labute approximate surface area is 76.7 Å². The first kappa shape index (κ1) is 9.38. The molecule has 0 bridgehead atoms. The molecule has 0 atom stereocenters. The molecule has 70 valence electrons. The molecule has 0 amide bonds. The molecular weight excluding hydrogens is 168 g/mol.